The lowest BCUT2D eigenvalue weighted by atomic mass is 10.0. The van der Waals surface area contributed by atoms with Crippen LogP contribution < -0.4 is 15.0 Å². The van der Waals surface area contributed by atoms with Gasteiger partial charge in [-0.05, 0) is 24.6 Å². The Morgan fingerprint density at radius 2 is 1.90 bits per heavy atom. The Morgan fingerprint density at radius 1 is 1.10 bits per heavy atom. The third-order valence-corrected chi connectivity index (χ3v) is 4.16. The van der Waals surface area contributed by atoms with Gasteiger partial charge in [0.1, 0.15) is 5.75 Å². The normalized spacial score (nSPS) is 22.1. The van der Waals surface area contributed by atoms with E-state index in [-0.39, 0.29) is 0 Å². The molecule has 0 amide bonds. The van der Waals surface area contributed by atoms with Crippen molar-refractivity contribution in [1.82, 2.24) is 5.32 Å². The second-order valence-electron chi connectivity index (χ2n) is 5.57. The quantitative estimate of drug-likeness (QED) is 0.935. The summed E-state index contributed by atoms with van der Waals surface area (Å²) in [5.74, 6) is 0.912. The van der Waals surface area contributed by atoms with Crippen LogP contribution in [0.5, 0.6) is 5.75 Å². The Kier molecular flexibility index (Phi) is 4.11. The van der Waals surface area contributed by atoms with Gasteiger partial charge in [-0.2, -0.15) is 0 Å². The molecule has 0 aliphatic carbocycles. The number of ether oxygens (including phenoxy) is 1. The minimum absolute atomic E-state index is 0.369. The molecule has 21 heavy (non-hydrogen) atoms. The van der Waals surface area contributed by atoms with Crippen LogP contribution in [0, 0.1) is 0 Å². The molecule has 2 atom stereocenters. The van der Waals surface area contributed by atoms with Gasteiger partial charge in [-0.1, -0.05) is 36.4 Å². The maximum absolute atomic E-state index is 5.35. The van der Waals surface area contributed by atoms with E-state index in [2.05, 4.69) is 65.7 Å². The molecule has 0 aromatic heterocycles. The van der Waals surface area contributed by atoms with Crippen LogP contribution in [0.15, 0.2) is 54.6 Å². The number of rotatable bonds is 3. The molecule has 0 saturated carbocycles. The lowest BCUT2D eigenvalue weighted by Gasteiger charge is -2.40. The van der Waals surface area contributed by atoms with Crippen molar-refractivity contribution in [3.63, 3.8) is 0 Å². The van der Waals surface area contributed by atoms with Crippen molar-refractivity contribution in [1.29, 1.82) is 0 Å². The zero-order valence-electron chi connectivity index (χ0n) is 12.6. The lowest BCUT2D eigenvalue weighted by molar-refractivity contribution is 0.407. The molecule has 0 spiro atoms. The summed E-state index contributed by atoms with van der Waals surface area (Å²) < 4.78 is 5.35. The van der Waals surface area contributed by atoms with Crippen molar-refractivity contribution in [3.8, 4) is 5.75 Å². The molecule has 1 saturated heterocycles. The molecule has 3 heteroatoms. The number of piperazine rings is 1. The van der Waals surface area contributed by atoms with Crippen LogP contribution in [-0.4, -0.2) is 26.2 Å². The summed E-state index contributed by atoms with van der Waals surface area (Å²) in [4.78, 5) is 2.46. The second-order valence-corrected chi connectivity index (χ2v) is 5.57. The molecular formula is C18H22N2O. The van der Waals surface area contributed by atoms with Gasteiger partial charge in [-0.15, -0.1) is 0 Å². The lowest BCUT2D eigenvalue weighted by Crippen LogP contribution is -2.51. The number of methoxy groups -OCH3 is 1. The van der Waals surface area contributed by atoms with Crippen LogP contribution >= 0.6 is 0 Å². The molecule has 3 nitrogen and oxygen atoms in total. The van der Waals surface area contributed by atoms with E-state index in [1.165, 1.54) is 11.3 Å². The number of hydrogen-bond donors (Lipinski definition) is 1. The standard InChI is InChI=1S/C18H22N2O/c1-14-12-19-18(15-7-4-3-5-8-15)13-20(14)16-9-6-10-17(11-16)21-2/h3-11,14,18-19H,12-13H2,1-2H3. The predicted octanol–water partition coefficient (Wildman–Crippen LogP) is 3.23. The summed E-state index contributed by atoms with van der Waals surface area (Å²) in [7, 11) is 1.72. The first-order chi connectivity index (χ1) is 10.3. The van der Waals surface area contributed by atoms with Crippen molar-refractivity contribution in [2.24, 2.45) is 0 Å². The van der Waals surface area contributed by atoms with Gasteiger partial charge in [0.15, 0.2) is 0 Å². The minimum Gasteiger partial charge on any atom is -0.497 e. The Hall–Kier alpha value is -2.00. The van der Waals surface area contributed by atoms with E-state index in [4.69, 9.17) is 4.74 Å². The van der Waals surface area contributed by atoms with E-state index >= 15 is 0 Å². The van der Waals surface area contributed by atoms with Gasteiger partial charge in [0.25, 0.3) is 0 Å². The zero-order chi connectivity index (χ0) is 14.7. The van der Waals surface area contributed by atoms with Crippen LogP contribution in [0.4, 0.5) is 5.69 Å². The highest BCUT2D eigenvalue weighted by Gasteiger charge is 2.26. The molecule has 2 aromatic carbocycles. The molecule has 1 aliphatic heterocycles. The fourth-order valence-electron chi connectivity index (χ4n) is 2.92. The van der Waals surface area contributed by atoms with E-state index in [9.17, 15) is 0 Å². The fourth-order valence-corrected chi connectivity index (χ4v) is 2.92. The molecule has 0 radical (unpaired) electrons. The van der Waals surface area contributed by atoms with E-state index < -0.39 is 0 Å². The number of hydrogen-bond acceptors (Lipinski definition) is 3. The van der Waals surface area contributed by atoms with Crippen LogP contribution in [0.3, 0.4) is 0 Å². The predicted molar refractivity (Wildman–Crippen MR) is 87.0 cm³/mol. The molecule has 2 unspecified atom stereocenters. The highest BCUT2D eigenvalue weighted by Crippen LogP contribution is 2.27. The summed E-state index contributed by atoms with van der Waals surface area (Å²) >= 11 is 0. The van der Waals surface area contributed by atoms with E-state index in [0.29, 0.717) is 12.1 Å². The van der Waals surface area contributed by atoms with Gasteiger partial charge in [-0.3, -0.25) is 0 Å². The van der Waals surface area contributed by atoms with Gasteiger partial charge in [0.05, 0.1) is 7.11 Å². The highest BCUT2D eigenvalue weighted by molar-refractivity contribution is 5.52. The Bertz CT molecular complexity index is 585. The van der Waals surface area contributed by atoms with Gasteiger partial charge in [0, 0.05) is 36.9 Å². The summed E-state index contributed by atoms with van der Waals surface area (Å²) in [5, 5.41) is 3.64. The fraction of sp³-hybridized carbons (Fsp3) is 0.333. The molecular weight excluding hydrogens is 260 g/mol. The average molecular weight is 282 g/mol. The molecule has 3 rings (SSSR count). The first kappa shape index (κ1) is 14.0. The monoisotopic (exact) mass is 282 g/mol. The maximum atomic E-state index is 5.35. The van der Waals surface area contributed by atoms with Crippen LogP contribution in [0.25, 0.3) is 0 Å². The topological polar surface area (TPSA) is 24.5 Å². The molecule has 1 heterocycles. The highest BCUT2D eigenvalue weighted by atomic mass is 16.5. The average Bonchev–Trinajstić information content (AvgIpc) is 2.56. The van der Waals surface area contributed by atoms with Crippen LogP contribution in [0.1, 0.15) is 18.5 Å². The van der Waals surface area contributed by atoms with Gasteiger partial charge in [0.2, 0.25) is 0 Å². The smallest absolute Gasteiger partial charge is 0.120 e. The molecule has 1 fully saturated rings. The second kappa shape index (κ2) is 6.19. The van der Waals surface area contributed by atoms with Gasteiger partial charge >= 0.3 is 0 Å². The number of anilines is 1. The summed E-state index contributed by atoms with van der Waals surface area (Å²) in [6.07, 6.45) is 0. The van der Waals surface area contributed by atoms with Gasteiger partial charge < -0.3 is 15.0 Å². The van der Waals surface area contributed by atoms with Gasteiger partial charge in [-0.25, -0.2) is 0 Å². The van der Waals surface area contributed by atoms with Crippen molar-refractivity contribution in [3.05, 3.63) is 60.2 Å². The molecule has 110 valence electrons. The van der Waals surface area contributed by atoms with E-state index in [1.807, 2.05) is 6.07 Å². The zero-order valence-corrected chi connectivity index (χ0v) is 12.6. The summed E-state index contributed by atoms with van der Waals surface area (Å²) in [6.45, 7) is 4.21. The number of nitrogens with zero attached hydrogens (tertiary/aromatic N) is 1. The first-order valence-electron chi connectivity index (χ1n) is 7.47. The number of benzene rings is 2. The molecule has 1 N–H and O–H groups in total. The van der Waals surface area contributed by atoms with Crippen molar-refractivity contribution >= 4 is 5.69 Å². The van der Waals surface area contributed by atoms with Crippen molar-refractivity contribution in [2.75, 3.05) is 25.1 Å². The third kappa shape index (κ3) is 3.03. The third-order valence-electron chi connectivity index (χ3n) is 4.16. The van der Waals surface area contributed by atoms with Crippen molar-refractivity contribution in [2.45, 2.75) is 19.0 Å². The Labute approximate surface area is 126 Å². The minimum atomic E-state index is 0.369. The summed E-state index contributed by atoms with van der Waals surface area (Å²) in [5.41, 5.74) is 2.57. The maximum Gasteiger partial charge on any atom is 0.120 e. The van der Waals surface area contributed by atoms with Crippen molar-refractivity contribution < 1.29 is 4.74 Å². The summed E-state index contributed by atoms with van der Waals surface area (Å²) in [6, 6.07) is 19.8. The van der Waals surface area contributed by atoms with E-state index in [1.54, 1.807) is 7.11 Å². The largest absolute Gasteiger partial charge is 0.497 e. The SMILES string of the molecule is COc1cccc(N2CC(c3ccccc3)NCC2C)c1. The van der Waals surface area contributed by atoms with Crippen LogP contribution in [-0.2, 0) is 0 Å². The van der Waals surface area contributed by atoms with E-state index in [0.717, 1.165) is 18.8 Å². The molecule has 1 aliphatic rings. The first-order valence-corrected chi connectivity index (χ1v) is 7.47. The molecule has 2 aromatic rings. The number of nitrogens with one attached hydrogen (secondary N) is 1. The van der Waals surface area contributed by atoms with Crippen LogP contribution in [0.2, 0.25) is 0 Å². The Balaban J connectivity index is 1.83. The molecule has 0 bridgehead atoms. The Morgan fingerprint density at radius 3 is 2.67 bits per heavy atom.